The maximum atomic E-state index is 3.68. The molecule has 46 valence electrons. The first-order chi connectivity index (χ1) is 3.81. The van der Waals surface area contributed by atoms with E-state index in [1.165, 1.54) is 6.42 Å². The Kier molecular flexibility index (Phi) is 4.33. The molecule has 0 aliphatic carbocycles. The topological polar surface area (TPSA) is 0 Å². The summed E-state index contributed by atoms with van der Waals surface area (Å²) in [6, 6.07) is 0. The quantitative estimate of drug-likeness (QED) is 0.488. The third-order valence-electron chi connectivity index (χ3n) is 1.23. The highest BCUT2D eigenvalue weighted by molar-refractivity contribution is 4.78. The van der Waals surface area contributed by atoms with Crippen LogP contribution >= 0.6 is 0 Å². The smallest absolute Gasteiger partial charge is 0.0262 e. The molecule has 0 aromatic carbocycles. The molecule has 0 saturated carbocycles. The molecule has 0 unspecified atom stereocenters. The molecule has 1 atom stereocenters. The van der Waals surface area contributed by atoms with Crippen LogP contribution in [0, 0.1) is 5.92 Å². The van der Waals surface area contributed by atoms with E-state index in [1.54, 1.807) is 0 Å². The van der Waals surface area contributed by atoms with Gasteiger partial charge in [0.2, 0.25) is 0 Å². The lowest BCUT2D eigenvalue weighted by molar-refractivity contribution is 0.660. The molecule has 0 aliphatic rings. The Balaban J connectivity index is 3.09. The molecule has 0 radical (unpaired) electrons. The molecular weight excluding hydrogens is 96.1 g/mol. The van der Waals surface area contributed by atoms with Gasteiger partial charge in [0.1, 0.15) is 0 Å². The molecule has 8 heavy (non-hydrogen) atoms. The van der Waals surface area contributed by atoms with Crippen molar-refractivity contribution in [2.24, 2.45) is 5.92 Å². The van der Waals surface area contributed by atoms with Gasteiger partial charge in [0.25, 0.3) is 0 Å². The molecule has 0 heteroatoms. The molecular formula is C8H14. The van der Waals surface area contributed by atoms with Gasteiger partial charge in [-0.25, -0.2) is 0 Å². The lowest BCUT2D eigenvalue weighted by Gasteiger charge is -1.99. The van der Waals surface area contributed by atoms with Crippen molar-refractivity contribution in [2.75, 3.05) is 0 Å². The highest BCUT2D eigenvalue weighted by Gasteiger charge is 1.90. The highest BCUT2D eigenvalue weighted by atomic mass is 14.0. The van der Waals surface area contributed by atoms with Crippen molar-refractivity contribution in [3.8, 4) is 0 Å². The van der Waals surface area contributed by atoms with Gasteiger partial charge in [-0.1, -0.05) is 19.1 Å². The average Bonchev–Trinajstić information content (AvgIpc) is 1.83. The largest absolute Gasteiger partial charge is 0.103 e. The maximum absolute atomic E-state index is 3.68. The van der Waals surface area contributed by atoms with Gasteiger partial charge in [-0.3, -0.25) is 0 Å². The fraction of sp³-hybridized carbons (Fsp3) is 0.500. The summed E-state index contributed by atoms with van der Waals surface area (Å²) in [4.78, 5) is 0. The molecule has 0 heterocycles. The molecule has 0 bridgehead atoms. The van der Waals surface area contributed by atoms with Gasteiger partial charge in [-0.05, 0) is 18.8 Å². The van der Waals surface area contributed by atoms with Crippen LogP contribution in [0.2, 0.25) is 0 Å². The lowest BCUT2D eigenvalue weighted by atomic mass is 10.1. The minimum atomic E-state index is 0.646. The minimum Gasteiger partial charge on any atom is -0.103 e. The third kappa shape index (κ3) is 3.66. The van der Waals surface area contributed by atoms with Crippen molar-refractivity contribution in [3.05, 3.63) is 25.3 Å². The Hall–Kier alpha value is -0.520. The van der Waals surface area contributed by atoms with Crippen LogP contribution in [0.3, 0.4) is 0 Å². The monoisotopic (exact) mass is 110 g/mol. The van der Waals surface area contributed by atoms with Crippen molar-refractivity contribution in [1.29, 1.82) is 0 Å². The minimum absolute atomic E-state index is 0.646. The summed E-state index contributed by atoms with van der Waals surface area (Å²) < 4.78 is 0. The second-order valence-electron chi connectivity index (χ2n) is 2.08. The Morgan fingerprint density at radius 2 is 2.12 bits per heavy atom. The lowest BCUT2D eigenvalue weighted by Crippen LogP contribution is -1.85. The Labute approximate surface area is 51.9 Å². The molecule has 0 aliphatic heterocycles. The summed E-state index contributed by atoms with van der Waals surface area (Å²) in [5, 5.41) is 0. The Morgan fingerprint density at radius 3 is 2.50 bits per heavy atom. The van der Waals surface area contributed by atoms with Gasteiger partial charge in [0.05, 0.1) is 0 Å². The summed E-state index contributed by atoms with van der Waals surface area (Å²) >= 11 is 0. The average molecular weight is 110 g/mol. The van der Waals surface area contributed by atoms with E-state index < -0.39 is 0 Å². The predicted octanol–water partition coefficient (Wildman–Crippen LogP) is 2.77. The first-order valence-corrected chi connectivity index (χ1v) is 3.04. The van der Waals surface area contributed by atoms with E-state index in [9.17, 15) is 0 Å². The molecule has 0 rings (SSSR count). The van der Waals surface area contributed by atoms with E-state index in [0.717, 1.165) is 6.42 Å². The Bertz CT molecular complexity index is 72.1. The molecule has 0 spiro atoms. The van der Waals surface area contributed by atoms with E-state index in [1.807, 2.05) is 12.2 Å². The van der Waals surface area contributed by atoms with E-state index in [2.05, 4.69) is 20.1 Å². The van der Waals surface area contributed by atoms with Crippen LogP contribution in [0.4, 0.5) is 0 Å². The summed E-state index contributed by atoms with van der Waals surface area (Å²) in [5.74, 6) is 0.646. The zero-order valence-corrected chi connectivity index (χ0v) is 5.56. The van der Waals surface area contributed by atoms with Gasteiger partial charge >= 0.3 is 0 Å². The number of hydrogen-bond acceptors (Lipinski definition) is 0. The van der Waals surface area contributed by atoms with Gasteiger partial charge < -0.3 is 0 Å². The summed E-state index contributed by atoms with van der Waals surface area (Å²) in [5.41, 5.74) is 0. The van der Waals surface area contributed by atoms with Crippen LogP contribution in [0.15, 0.2) is 25.3 Å². The highest BCUT2D eigenvalue weighted by Crippen LogP contribution is 2.04. The second-order valence-corrected chi connectivity index (χ2v) is 2.08. The number of allylic oxidation sites excluding steroid dienone is 2. The van der Waals surface area contributed by atoms with Crippen LogP contribution in [0.1, 0.15) is 19.8 Å². The van der Waals surface area contributed by atoms with E-state index in [-0.39, 0.29) is 0 Å². The van der Waals surface area contributed by atoms with E-state index >= 15 is 0 Å². The van der Waals surface area contributed by atoms with Crippen LogP contribution in [0.5, 0.6) is 0 Å². The van der Waals surface area contributed by atoms with Crippen LogP contribution in [-0.4, -0.2) is 0 Å². The Morgan fingerprint density at radius 1 is 1.50 bits per heavy atom. The molecule has 0 nitrogen and oxygen atoms in total. The zero-order valence-electron chi connectivity index (χ0n) is 5.56. The number of hydrogen-bond donors (Lipinski definition) is 0. The standard InChI is InChI=1S/C8H14/c1-4-6-7-8(3)5-2/h4-5,8H,1-2,6-7H2,3H3/t8-/m1/s1. The van der Waals surface area contributed by atoms with Crippen LogP contribution in [-0.2, 0) is 0 Å². The van der Waals surface area contributed by atoms with Crippen molar-refractivity contribution >= 4 is 0 Å². The molecule has 0 N–H and O–H groups in total. The normalized spacial score (nSPS) is 12.6. The fourth-order valence-electron chi connectivity index (χ4n) is 0.499. The first-order valence-electron chi connectivity index (χ1n) is 3.04. The fourth-order valence-corrected chi connectivity index (χ4v) is 0.499. The summed E-state index contributed by atoms with van der Waals surface area (Å²) in [7, 11) is 0. The van der Waals surface area contributed by atoms with Gasteiger partial charge in [-0.2, -0.15) is 0 Å². The molecule has 0 aromatic rings. The predicted molar refractivity (Wildman–Crippen MR) is 38.8 cm³/mol. The van der Waals surface area contributed by atoms with Crippen LogP contribution < -0.4 is 0 Å². The summed E-state index contributed by atoms with van der Waals surface area (Å²) in [6.07, 6.45) is 6.21. The van der Waals surface area contributed by atoms with Gasteiger partial charge in [0, 0.05) is 0 Å². The van der Waals surface area contributed by atoms with Crippen molar-refractivity contribution in [3.63, 3.8) is 0 Å². The van der Waals surface area contributed by atoms with Crippen molar-refractivity contribution in [1.82, 2.24) is 0 Å². The van der Waals surface area contributed by atoms with Gasteiger partial charge in [0.15, 0.2) is 0 Å². The molecule has 0 aromatic heterocycles. The van der Waals surface area contributed by atoms with Crippen molar-refractivity contribution < 1.29 is 0 Å². The maximum Gasteiger partial charge on any atom is -0.0262 e. The van der Waals surface area contributed by atoms with Gasteiger partial charge in [-0.15, -0.1) is 13.2 Å². The van der Waals surface area contributed by atoms with Crippen LogP contribution in [0.25, 0.3) is 0 Å². The first kappa shape index (κ1) is 7.48. The van der Waals surface area contributed by atoms with E-state index in [4.69, 9.17) is 0 Å². The van der Waals surface area contributed by atoms with E-state index in [0.29, 0.717) is 5.92 Å². The molecule has 0 fully saturated rings. The second kappa shape index (κ2) is 4.63. The summed E-state index contributed by atoms with van der Waals surface area (Å²) in [6.45, 7) is 9.48. The number of rotatable bonds is 4. The SMILES string of the molecule is C=CCC[C@H](C)C=C. The van der Waals surface area contributed by atoms with Crippen molar-refractivity contribution in [2.45, 2.75) is 19.8 Å². The molecule has 0 amide bonds. The molecule has 0 saturated heterocycles. The third-order valence-corrected chi connectivity index (χ3v) is 1.23. The zero-order chi connectivity index (χ0) is 6.41.